The molecular weight excluding hydrogens is 404 g/mol. The predicted molar refractivity (Wildman–Crippen MR) is 107 cm³/mol. The molecule has 0 atom stereocenters. The first-order valence-electron chi connectivity index (χ1n) is 9.63. The predicted octanol–water partition coefficient (Wildman–Crippen LogP) is 7.03. The molecule has 2 rings (SSSR count). The first kappa shape index (κ1) is 24.0. The molecule has 0 saturated heterocycles. The monoisotopic (exact) mass is 430 g/mol. The standard InChI is InChI=1S/C23H26F6N/c1-30(2,3)14-6-4-5-13-21(17-9-7-11-19(15-17)22(24,25)26)18-10-8-12-20(16-18)23(27,28)29/h7-13,15-16H,4-6,14H2,1-3H3/q+1. The van der Waals surface area contributed by atoms with Gasteiger partial charge >= 0.3 is 12.4 Å². The lowest BCUT2D eigenvalue weighted by Crippen LogP contribution is -2.35. The number of nitrogens with zero attached hydrogens (tertiary/aromatic N) is 1. The van der Waals surface area contributed by atoms with Crippen molar-refractivity contribution in [3.63, 3.8) is 0 Å². The van der Waals surface area contributed by atoms with Gasteiger partial charge in [0.05, 0.1) is 38.8 Å². The number of unbranched alkanes of at least 4 members (excludes halogenated alkanes) is 2. The second-order valence-electron chi connectivity index (χ2n) is 8.28. The minimum atomic E-state index is -4.53. The van der Waals surface area contributed by atoms with Crippen LogP contribution < -0.4 is 0 Å². The van der Waals surface area contributed by atoms with Crippen LogP contribution in [0.4, 0.5) is 26.3 Å². The second kappa shape index (κ2) is 9.25. The largest absolute Gasteiger partial charge is 0.416 e. The summed E-state index contributed by atoms with van der Waals surface area (Å²) in [4.78, 5) is 0. The second-order valence-corrected chi connectivity index (χ2v) is 8.28. The van der Waals surface area contributed by atoms with Gasteiger partial charge in [0.25, 0.3) is 0 Å². The van der Waals surface area contributed by atoms with Crippen molar-refractivity contribution >= 4 is 5.57 Å². The van der Waals surface area contributed by atoms with E-state index < -0.39 is 23.5 Å². The van der Waals surface area contributed by atoms with Crippen LogP contribution >= 0.6 is 0 Å². The molecule has 0 radical (unpaired) electrons. The third-order valence-electron chi connectivity index (χ3n) is 4.63. The highest BCUT2D eigenvalue weighted by molar-refractivity contribution is 5.80. The van der Waals surface area contributed by atoms with Crippen LogP contribution in [0.15, 0.2) is 54.6 Å². The summed E-state index contributed by atoms with van der Waals surface area (Å²) < 4.78 is 79.7. The summed E-state index contributed by atoms with van der Waals surface area (Å²) >= 11 is 0. The van der Waals surface area contributed by atoms with Crippen LogP contribution in [0.5, 0.6) is 0 Å². The number of rotatable bonds is 7. The van der Waals surface area contributed by atoms with E-state index in [4.69, 9.17) is 0 Å². The summed E-state index contributed by atoms with van der Waals surface area (Å²) in [5.74, 6) is 0. The van der Waals surface area contributed by atoms with Crippen LogP contribution in [0.3, 0.4) is 0 Å². The molecule has 7 heteroatoms. The number of hydrogen-bond acceptors (Lipinski definition) is 0. The van der Waals surface area contributed by atoms with E-state index in [1.54, 1.807) is 6.08 Å². The lowest BCUT2D eigenvalue weighted by atomic mass is 9.93. The Hall–Kier alpha value is -2.28. The molecule has 2 aromatic carbocycles. The lowest BCUT2D eigenvalue weighted by molar-refractivity contribution is -0.870. The topological polar surface area (TPSA) is 0 Å². The Morgan fingerprint density at radius 1 is 0.767 bits per heavy atom. The fourth-order valence-electron chi connectivity index (χ4n) is 3.11. The number of halogens is 6. The summed E-state index contributed by atoms with van der Waals surface area (Å²) in [7, 11) is 6.19. The maximum absolute atomic E-state index is 13.1. The summed E-state index contributed by atoms with van der Waals surface area (Å²) in [6.07, 6.45) is -5.07. The van der Waals surface area contributed by atoms with Crippen molar-refractivity contribution in [2.24, 2.45) is 0 Å². The quantitative estimate of drug-likeness (QED) is 0.251. The molecule has 0 bridgehead atoms. The van der Waals surface area contributed by atoms with Crippen molar-refractivity contribution in [2.75, 3.05) is 27.7 Å². The third kappa shape index (κ3) is 7.20. The Morgan fingerprint density at radius 2 is 1.23 bits per heavy atom. The van der Waals surface area contributed by atoms with E-state index in [2.05, 4.69) is 21.1 Å². The first-order chi connectivity index (χ1) is 13.8. The Morgan fingerprint density at radius 3 is 1.63 bits per heavy atom. The van der Waals surface area contributed by atoms with E-state index >= 15 is 0 Å². The molecule has 0 aromatic heterocycles. The number of benzene rings is 2. The van der Waals surface area contributed by atoms with Gasteiger partial charge in [0.1, 0.15) is 0 Å². The molecule has 0 fully saturated rings. The molecule has 0 heterocycles. The van der Waals surface area contributed by atoms with Gasteiger partial charge in [-0.3, -0.25) is 0 Å². The first-order valence-corrected chi connectivity index (χ1v) is 9.63. The molecule has 0 unspecified atom stereocenters. The number of quaternary nitrogens is 1. The van der Waals surface area contributed by atoms with Crippen LogP contribution in [0, 0.1) is 0 Å². The van der Waals surface area contributed by atoms with Crippen LogP contribution in [-0.2, 0) is 12.4 Å². The van der Waals surface area contributed by atoms with Gasteiger partial charge in [-0.1, -0.05) is 30.3 Å². The average molecular weight is 430 g/mol. The Balaban J connectivity index is 2.40. The highest BCUT2D eigenvalue weighted by atomic mass is 19.4. The molecular formula is C23H26F6N+. The highest BCUT2D eigenvalue weighted by Gasteiger charge is 2.32. The van der Waals surface area contributed by atoms with Crippen molar-refractivity contribution in [3.05, 3.63) is 76.9 Å². The maximum atomic E-state index is 13.1. The minimum absolute atomic E-state index is 0.246. The highest BCUT2D eigenvalue weighted by Crippen LogP contribution is 2.35. The van der Waals surface area contributed by atoms with E-state index in [-0.39, 0.29) is 11.1 Å². The summed E-state index contributed by atoms with van der Waals surface area (Å²) in [5.41, 5.74) is -0.797. The lowest BCUT2D eigenvalue weighted by Gasteiger charge is -2.23. The summed E-state index contributed by atoms with van der Waals surface area (Å²) in [5, 5.41) is 0. The van der Waals surface area contributed by atoms with Crippen molar-refractivity contribution in [1.82, 2.24) is 0 Å². The average Bonchev–Trinajstić information content (AvgIpc) is 2.62. The molecule has 2 aromatic rings. The molecule has 0 aliphatic carbocycles. The van der Waals surface area contributed by atoms with Crippen molar-refractivity contribution in [3.8, 4) is 0 Å². The van der Waals surface area contributed by atoms with E-state index in [0.717, 1.165) is 48.1 Å². The van der Waals surface area contributed by atoms with E-state index in [1.165, 1.54) is 24.3 Å². The molecule has 0 saturated carbocycles. The van der Waals surface area contributed by atoms with Crippen LogP contribution in [0.2, 0.25) is 0 Å². The van der Waals surface area contributed by atoms with Crippen LogP contribution in [0.1, 0.15) is 41.5 Å². The van der Waals surface area contributed by atoms with Gasteiger partial charge in [0.2, 0.25) is 0 Å². The molecule has 1 nitrogen and oxygen atoms in total. The summed E-state index contributed by atoms with van der Waals surface area (Å²) in [6, 6.07) is 9.41. The Kier molecular flexibility index (Phi) is 7.40. The van der Waals surface area contributed by atoms with Gasteiger partial charge < -0.3 is 4.48 Å². The fraction of sp³-hybridized carbons (Fsp3) is 0.391. The molecule has 0 spiro atoms. The van der Waals surface area contributed by atoms with Crippen molar-refractivity contribution < 1.29 is 30.8 Å². The van der Waals surface area contributed by atoms with Gasteiger partial charge in [0.15, 0.2) is 0 Å². The zero-order chi connectivity index (χ0) is 22.6. The number of allylic oxidation sites excluding steroid dienone is 1. The molecule has 30 heavy (non-hydrogen) atoms. The zero-order valence-corrected chi connectivity index (χ0v) is 17.2. The van der Waals surface area contributed by atoms with Crippen LogP contribution in [0.25, 0.3) is 5.57 Å². The molecule has 0 aliphatic heterocycles. The van der Waals surface area contributed by atoms with Crippen molar-refractivity contribution in [1.29, 1.82) is 0 Å². The Bertz CT molecular complexity index is 813. The third-order valence-corrected chi connectivity index (χ3v) is 4.63. The molecule has 164 valence electrons. The zero-order valence-electron chi connectivity index (χ0n) is 17.2. The smallest absolute Gasteiger partial charge is 0.331 e. The Labute approximate surface area is 173 Å². The van der Waals surface area contributed by atoms with E-state index in [9.17, 15) is 26.3 Å². The number of alkyl halides is 6. The normalized spacial score (nSPS) is 12.7. The van der Waals surface area contributed by atoms with E-state index in [1.807, 2.05) is 0 Å². The van der Waals surface area contributed by atoms with Gasteiger partial charge in [-0.05, 0) is 60.2 Å². The number of hydrogen-bond donors (Lipinski definition) is 0. The van der Waals surface area contributed by atoms with Gasteiger partial charge in [-0.15, -0.1) is 0 Å². The van der Waals surface area contributed by atoms with Gasteiger partial charge in [-0.2, -0.15) is 26.3 Å². The SMILES string of the molecule is C[N+](C)(C)CCCCC=C(c1cccc(C(F)(F)F)c1)c1cccc(C(F)(F)F)c1. The van der Waals surface area contributed by atoms with Gasteiger partial charge in [0, 0.05) is 0 Å². The summed E-state index contributed by atoms with van der Waals surface area (Å²) in [6.45, 7) is 0.927. The van der Waals surface area contributed by atoms with Gasteiger partial charge in [-0.25, -0.2) is 0 Å². The molecule has 0 aliphatic rings. The minimum Gasteiger partial charge on any atom is -0.331 e. The van der Waals surface area contributed by atoms with Crippen molar-refractivity contribution in [2.45, 2.75) is 31.6 Å². The fourth-order valence-corrected chi connectivity index (χ4v) is 3.11. The molecule has 0 N–H and O–H groups in total. The van der Waals surface area contributed by atoms with Crippen LogP contribution in [-0.4, -0.2) is 32.2 Å². The molecule has 0 amide bonds. The maximum Gasteiger partial charge on any atom is 0.416 e. The van der Waals surface area contributed by atoms with E-state index in [0.29, 0.717) is 12.0 Å².